The average molecular weight is 506 g/mol. The average Bonchev–Trinajstić information content (AvgIpc) is 3.20. The van der Waals surface area contributed by atoms with Crippen LogP contribution < -0.4 is 9.64 Å². The predicted molar refractivity (Wildman–Crippen MR) is 131 cm³/mol. The lowest BCUT2D eigenvalue weighted by Gasteiger charge is -2.33. The summed E-state index contributed by atoms with van der Waals surface area (Å²) in [4.78, 5) is 25.2. The van der Waals surface area contributed by atoms with E-state index in [1.165, 1.54) is 0 Å². The first-order valence-corrected chi connectivity index (χ1v) is 11.9. The molecule has 0 bridgehead atoms. The number of carbonyl (C=O) groups excluding carboxylic acids is 1. The van der Waals surface area contributed by atoms with Crippen molar-refractivity contribution in [2.45, 2.75) is 26.5 Å². The van der Waals surface area contributed by atoms with Crippen molar-refractivity contribution in [3.63, 3.8) is 0 Å². The van der Waals surface area contributed by atoms with E-state index < -0.39 is 6.10 Å². The molecule has 0 spiro atoms. The summed E-state index contributed by atoms with van der Waals surface area (Å²) in [5.41, 5.74) is 4.52. The quantitative estimate of drug-likeness (QED) is 0.328. The summed E-state index contributed by atoms with van der Waals surface area (Å²) in [6, 6.07) is 19.8. The highest BCUT2D eigenvalue weighted by Crippen LogP contribution is 2.40. The number of rotatable bonds is 4. The number of amides is 1. The molecule has 0 radical (unpaired) electrons. The van der Waals surface area contributed by atoms with Gasteiger partial charge in [-0.3, -0.25) is 9.78 Å². The molecule has 5 nitrogen and oxygen atoms in total. The molecule has 1 aliphatic rings. The van der Waals surface area contributed by atoms with Gasteiger partial charge < -0.3 is 9.64 Å². The highest BCUT2D eigenvalue weighted by atomic mass is 79.9. The van der Waals surface area contributed by atoms with Gasteiger partial charge in [-0.2, -0.15) is 0 Å². The van der Waals surface area contributed by atoms with Crippen LogP contribution in [-0.2, 0) is 11.3 Å². The van der Waals surface area contributed by atoms with Crippen LogP contribution in [0.15, 0.2) is 71.3 Å². The summed E-state index contributed by atoms with van der Waals surface area (Å²) in [6.07, 6.45) is 1.25. The van der Waals surface area contributed by atoms with Crippen LogP contribution in [0.5, 0.6) is 5.75 Å². The Bertz CT molecular complexity index is 1290. The molecular weight excluding hydrogens is 486 g/mol. The van der Waals surface area contributed by atoms with Crippen LogP contribution in [0.2, 0.25) is 0 Å². The molecule has 160 valence electrons. The second-order valence-corrected chi connectivity index (χ2v) is 9.75. The molecule has 5 rings (SSSR count). The zero-order valence-electron chi connectivity index (χ0n) is 17.6. The van der Waals surface area contributed by atoms with Gasteiger partial charge in [-0.15, -0.1) is 11.3 Å². The number of hydrogen-bond donors (Lipinski definition) is 0. The summed E-state index contributed by atoms with van der Waals surface area (Å²) in [6.45, 7) is 4.32. The number of fused-ring (bicyclic) bond motifs is 1. The Labute approximate surface area is 198 Å². The number of benzene rings is 2. The van der Waals surface area contributed by atoms with Gasteiger partial charge in [0.25, 0.3) is 5.91 Å². The minimum absolute atomic E-state index is 0.0539. The molecule has 2 aromatic heterocycles. The SMILES string of the molecule is Cc1sc(-c2ccccn2)nc1-c1ccc2c(c1)N(Cc1ccc(Br)cc1)C(=O)C(C)O2. The maximum absolute atomic E-state index is 13.0. The maximum Gasteiger partial charge on any atom is 0.268 e. The Balaban J connectivity index is 1.54. The number of aromatic nitrogens is 2. The van der Waals surface area contributed by atoms with Crippen molar-refractivity contribution in [1.29, 1.82) is 0 Å². The Morgan fingerprint density at radius 1 is 1.12 bits per heavy atom. The van der Waals surface area contributed by atoms with E-state index in [2.05, 4.69) is 27.8 Å². The smallest absolute Gasteiger partial charge is 0.268 e. The van der Waals surface area contributed by atoms with E-state index in [0.717, 1.165) is 42.6 Å². The van der Waals surface area contributed by atoms with E-state index in [1.807, 2.05) is 60.7 Å². The fourth-order valence-corrected chi connectivity index (χ4v) is 4.93. The third-order valence-corrected chi connectivity index (χ3v) is 6.90. The zero-order valence-corrected chi connectivity index (χ0v) is 20.0. The van der Waals surface area contributed by atoms with E-state index in [4.69, 9.17) is 9.72 Å². The summed E-state index contributed by atoms with van der Waals surface area (Å²) in [5, 5.41) is 0.878. The highest BCUT2D eigenvalue weighted by molar-refractivity contribution is 9.10. The van der Waals surface area contributed by atoms with Gasteiger partial charge >= 0.3 is 0 Å². The molecule has 2 aromatic carbocycles. The molecule has 1 atom stereocenters. The van der Waals surface area contributed by atoms with E-state index in [0.29, 0.717) is 12.3 Å². The number of thiazole rings is 1. The van der Waals surface area contributed by atoms with Crippen LogP contribution >= 0.6 is 27.3 Å². The number of aryl methyl sites for hydroxylation is 1. The Morgan fingerprint density at radius 3 is 2.69 bits per heavy atom. The molecule has 1 amide bonds. The van der Waals surface area contributed by atoms with Crippen LogP contribution in [0, 0.1) is 6.92 Å². The molecule has 1 unspecified atom stereocenters. The third-order valence-electron chi connectivity index (χ3n) is 5.38. The second-order valence-electron chi connectivity index (χ2n) is 7.63. The van der Waals surface area contributed by atoms with Crippen molar-refractivity contribution >= 4 is 38.9 Å². The maximum atomic E-state index is 13.0. The first-order valence-electron chi connectivity index (χ1n) is 10.3. The van der Waals surface area contributed by atoms with E-state index in [9.17, 15) is 4.79 Å². The lowest BCUT2D eigenvalue weighted by Crippen LogP contribution is -2.44. The molecule has 0 saturated carbocycles. The number of nitrogens with zero attached hydrogens (tertiary/aromatic N) is 3. The molecular formula is C25H20BrN3O2S. The molecule has 0 N–H and O–H groups in total. The number of ether oxygens (including phenoxy) is 1. The lowest BCUT2D eigenvalue weighted by molar-refractivity contribution is -0.125. The molecule has 4 aromatic rings. The third kappa shape index (κ3) is 3.94. The van der Waals surface area contributed by atoms with Gasteiger partial charge in [0.05, 0.1) is 23.6 Å². The van der Waals surface area contributed by atoms with Gasteiger partial charge in [0.2, 0.25) is 0 Å². The van der Waals surface area contributed by atoms with Crippen molar-refractivity contribution < 1.29 is 9.53 Å². The largest absolute Gasteiger partial charge is 0.479 e. The monoisotopic (exact) mass is 505 g/mol. The Morgan fingerprint density at radius 2 is 1.94 bits per heavy atom. The number of carbonyl (C=O) groups is 1. The van der Waals surface area contributed by atoms with Crippen LogP contribution in [0.4, 0.5) is 5.69 Å². The van der Waals surface area contributed by atoms with Gasteiger partial charge in [-0.1, -0.05) is 34.1 Å². The highest BCUT2D eigenvalue weighted by Gasteiger charge is 2.32. The molecule has 0 aliphatic carbocycles. The standard InChI is InChI=1S/C25H20BrN3O2S/c1-15-25(30)29(14-17-6-9-19(26)10-7-17)21-13-18(8-11-22(21)31-15)23-16(2)32-24(28-23)20-5-3-4-12-27-20/h3-13,15H,14H2,1-2H3. The van der Waals surface area contributed by atoms with Gasteiger partial charge in [0, 0.05) is 21.1 Å². The minimum atomic E-state index is -0.527. The fraction of sp³-hybridized carbons (Fsp3) is 0.160. The van der Waals surface area contributed by atoms with Crippen LogP contribution in [-0.4, -0.2) is 22.0 Å². The van der Waals surface area contributed by atoms with Gasteiger partial charge in [-0.05, 0) is 61.9 Å². The zero-order chi connectivity index (χ0) is 22.2. The predicted octanol–water partition coefficient (Wildman–Crippen LogP) is 6.26. The number of anilines is 1. The molecule has 3 heterocycles. The molecule has 0 fully saturated rings. The number of pyridine rings is 1. The van der Waals surface area contributed by atoms with E-state index >= 15 is 0 Å². The summed E-state index contributed by atoms with van der Waals surface area (Å²) >= 11 is 5.08. The van der Waals surface area contributed by atoms with Crippen molar-refractivity contribution in [2.24, 2.45) is 0 Å². The van der Waals surface area contributed by atoms with Crippen LogP contribution in [0.3, 0.4) is 0 Å². The molecule has 32 heavy (non-hydrogen) atoms. The summed E-state index contributed by atoms with van der Waals surface area (Å²) < 4.78 is 6.91. The number of halogens is 1. The van der Waals surface area contributed by atoms with Gasteiger partial charge in [0.15, 0.2) is 6.10 Å². The van der Waals surface area contributed by atoms with Gasteiger partial charge in [0.1, 0.15) is 10.8 Å². The van der Waals surface area contributed by atoms with E-state index in [-0.39, 0.29) is 5.91 Å². The second kappa shape index (κ2) is 8.48. The first kappa shape index (κ1) is 20.8. The topological polar surface area (TPSA) is 55.3 Å². The van der Waals surface area contributed by atoms with Crippen molar-refractivity contribution in [1.82, 2.24) is 9.97 Å². The molecule has 0 saturated heterocycles. The minimum Gasteiger partial charge on any atom is -0.479 e. The first-order chi connectivity index (χ1) is 15.5. The summed E-state index contributed by atoms with van der Waals surface area (Å²) in [7, 11) is 0. The normalized spacial score (nSPS) is 15.4. The van der Waals surface area contributed by atoms with Crippen LogP contribution in [0.25, 0.3) is 22.0 Å². The molecule has 1 aliphatic heterocycles. The van der Waals surface area contributed by atoms with E-state index in [1.54, 1.807) is 29.4 Å². The lowest BCUT2D eigenvalue weighted by atomic mass is 10.1. The van der Waals surface area contributed by atoms with Crippen LogP contribution in [0.1, 0.15) is 17.4 Å². The van der Waals surface area contributed by atoms with Gasteiger partial charge in [-0.25, -0.2) is 4.98 Å². The molecule has 7 heteroatoms. The van der Waals surface area contributed by atoms with Crippen molar-refractivity contribution in [2.75, 3.05) is 4.90 Å². The van der Waals surface area contributed by atoms with Crippen molar-refractivity contribution in [3.8, 4) is 27.7 Å². The Hall–Kier alpha value is -3.03. The van der Waals surface area contributed by atoms with Crippen molar-refractivity contribution in [3.05, 3.63) is 81.8 Å². The number of hydrogen-bond acceptors (Lipinski definition) is 5. The Kier molecular flexibility index (Phi) is 5.53. The summed E-state index contributed by atoms with van der Waals surface area (Å²) in [5.74, 6) is 0.650. The fourth-order valence-electron chi connectivity index (χ4n) is 3.75.